The zero-order valence-corrected chi connectivity index (χ0v) is 10.7. The van der Waals surface area contributed by atoms with Crippen molar-refractivity contribution in [1.82, 2.24) is 9.80 Å². The lowest BCUT2D eigenvalue weighted by atomic mass is 10.1. The van der Waals surface area contributed by atoms with Crippen LogP contribution in [0, 0.1) is 0 Å². The van der Waals surface area contributed by atoms with Gasteiger partial charge in [-0.1, -0.05) is 12.8 Å². The molecule has 0 aliphatic carbocycles. The third-order valence-corrected chi connectivity index (χ3v) is 3.08. The van der Waals surface area contributed by atoms with E-state index in [0.29, 0.717) is 6.61 Å². The maximum atomic E-state index is 11.9. The fraction of sp³-hybridized carbons (Fsp3) is 0.917. The molecule has 0 amide bonds. The molecule has 1 atom stereocenters. The second kappa shape index (κ2) is 6.86. The van der Waals surface area contributed by atoms with Gasteiger partial charge in [0.1, 0.15) is 12.6 Å². The second-order valence-corrected chi connectivity index (χ2v) is 4.82. The number of esters is 1. The van der Waals surface area contributed by atoms with E-state index in [0.717, 1.165) is 25.9 Å². The molecule has 1 rings (SSSR count). The minimum Gasteiger partial charge on any atom is -0.463 e. The molecule has 1 aliphatic heterocycles. The molecular weight excluding hydrogens is 204 g/mol. The van der Waals surface area contributed by atoms with Crippen molar-refractivity contribution >= 4 is 5.97 Å². The van der Waals surface area contributed by atoms with E-state index in [1.54, 1.807) is 0 Å². The molecule has 0 radical (unpaired) electrons. The Kier molecular flexibility index (Phi) is 5.77. The summed E-state index contributed by atoms with van der Waals surface area (Å²) in [5, 5.41) is 0. The molecule has 0 aromatic heterocycles. The van der Waals surface area contributed by atoms with Gasteiger partial charge in [0, 0.05) is 6.54 Å². The average Bonchev–Trinajstić information content (AvgIpc) is 2.42. The molecule has 0 aromatic carbocycles. The van der Waals surface area contributed by atoms with Crippen LogP contribution in [0.2, 0.25) is 0 Å². The van der Waals surface area contributed by atoms with Gasteiger partial charge in [-0.3, -0.25) is 9.69 Å². The van der Waals surface area contributed by atoms with Gasteiger partial charge in [0.25, 0.3) is 0 Å². The van der Waals surface area contributed by atoms with E-state index < -0.39 is 0 Å². The van der Waals surface area contributed by atoms with Crippen LogP contribution in [0.1, 0.15) is 25.7 Å². The van der Waals surface area contributed by atoms with E-state index in [1.807, 2.05) is 26.0 Å². The molecule has 0 saturated carbocycles. The molecule has 0 N–H and O–H groups in total. The normalized spacial score (nSPS) is 23.1. The number of rotatable bonds is 4. The molecule has 1 aliphatic rings. The number of likely N-dealkylation sites (tertiary alicyclic amines) is 1. The summed E-state index contributed by atoms with van der Waals surface area (Å²) in [6.45, 7) is 2.30. The maximum absolute atomic E-state index is 11.9. The maximum Gasteiger partial charge on any atom is 0.323 e. The molecule has 0 bridgehead atoms. The van der Waals surface area contributed by atoms with Crippen LogP contribution in [0.3, 0.4) is 0 Å². The molecule has 0 aromatic rings. The number of ether oxygens (including phenoxy) is 1. The zero-order valence-electron chi connectivity index (χ0n) is 10.7. The molecule has 16 heavy (non-hydrogen) atoms. The van der Waals surface area contributed by atoms with Crippen molar-refractivity contribution in [2.24, 2.45) is 0 Å². The first-order valence-electron chi connectivity index (χ1n) is 6.13. The molecule has 4 heteroatoms. The topological polar surface area (TPSA) is 32.8 Å². The van der Waals surface area contributed by atoms with E-state index in [-0.39, 0.29) is 12.0 Å². The van der Waals surface area contributed by atoms with E-state index in [9.17, 15) is 4.79 Å². The lowest BCUT2D eigenvalue weighted by Gasteiger charge is -2.24. The van der Waals surface area contributed by atoms with Crippen LogP contribution in [0.5, 0.6) is 0 Å². The van der Waals surface area contributed by atoms with Gasteiger partial charge < -0.3 is 9.64 Å². The number of nitrogens with zero attached hydrogens (tertiary/aromatic N) is 2. The highest BCUT2D eigenvalue weighted by Gasteiger charge is 2.25. The number of carbonyl (C=O) groups excluding carboxylic acids is 1. The summed E-state index contributed by atoms with van der Waals surface area (Å²) in [5.41, 5.74) is 0. The van der Waals surface area contributed by atoms with E-state index in [4.69, 9.17) is 4.74 Å². The lowest BCUT2D eigenvalue weighted by molar-refractivity contribution is -0.149. The van der Waals surface area contributed by atoms with Crippen molar-refractivity contribution in [2.75, 3.05) is 40.8 Å². The van der Waals surface area contributed by atoms with Gasteiger partial charge in [-0.15, -0.1) is 0 Å². The van der Waals surface area contributed by atoms with Gasteiger partial charge >= 0.3 is 5.97 Å². The first kappa shape index (κ1) is 13.5. The summed E-state index contributed by atoms with van der Waals surface area (Å²) < 4.78 is 5.30. The Hall–Kier alpha value is -0.610. The van der Waals surface area contributed by atoms with Crippen LogP contribution in [0.25, 0.3) is 0 Å². The Morgan fingerprint density at radius 3 is 2.81 bits per heavy atom. The first-order chi connectivity index (χ1) is 7.61. The highest BCUT2D eigenvalue weighted by Crippen LogP contribution is 2.16. The summed E-state index contributed by atoms with van der Waals surface area (Å²) in [4.78, 5) is 16.0. The van der Waals surface area contributed by atoms with Crippen LogP contribution in [0.4, 0.5) is 0 Å². The van der Waals surface area contributed by atoms with Crippen molar-refractivity contribution in [2.45, 2.75) is 31.7 Å². The molecule has 1 saturated heterocycles. The SMILES string of the molecule is CN(C)CCOC(=O)C1CCCCCN1C. The number of hydrogen-bond acceptors (Lipinski definition) is 4. The fourth-order valence-corrected chi connectivity index (χ4v) is 1.97. The van der Waals surface area contributed by atoms with Crippen LogP contribution in [-0.2, 0) is 9.53 Å². The van der Waals surface area contributed by atoms with Gasteiger partial charge in [-0.25, -0.2) is 0 Å². The van der Waals surface area contributed by atoms with Gasteiger partial charge in [-0.2, -0.15) is 0 Å². The summed E-state index contributed by atoms with van der Waals surface area (Å²) in [7, 11) is 5.97. The molecular formula is C12H24N2O2. The highest BCUT2D eigenvalue weighted by molar-refractivity contribution is 5.75. The monoisotopic (exact) mass is 228 g/mol. The van der Waals surface area contributed by atoms with Crippen molar-refractivity contribution in [3.63, 3.8) is 0 Å². The minimum atomic E-state index is -0.0498. The highest BCUT2D eigenvalue weighted by atomic mass is 16.5. The molecule has 1 fully saturated rings. The smallest absolute Gasteiger partial charge is 0.323 e. The molecule has 1 heterocycles. The summed E-state index contributed by atoms with van der Waals surface area (Å²) in [6, 6.07) is -0.0235. The molecule has 94 valence electrons. The Bertz CT molecular complexity index is 219. The first-order valence-corrected chi connectivity index (χ1v) is 6.13. The van der Waals surface area contributed by atoms with Crippen molar-refractivity contribution < 1.29 is 9.53 Å². The van der Waals surface area contributed by atoms with Crippen LogP contribution in [-0.4, -0.2) is 62.7 Å². The Morgan fingerprint density at radius 1 is 1.38 bits per heavy atom. The van der Waals surface area contributed by atoms with Crippen LogP contribution >= 0.6 is 0 Å². The Labute approximate surface area is 98.5 Å². The summed E-state index contributed by atoms with van der Waals surface area (Å²) in [6.07, 6.45) is 4.50. The van der Waals surface area contributed by atoms with Crippen molar-refractivity contribution in [3.05, 3.63) is 0 Å². The van der Waals surface area contributed by atoms with Crippen LogP contribution < -0.4 is 0 Å². The predicted molar refractivity (Wildman–Crippen MR) is 64.4 cm³/mol. The quantitative estimate of drug-likeness (QED) is 0.671. The van der Waals surface area contributed by atoms with Crippen LogP contribution in [0.15, 0.2) is 0 Å². The molecule has 4 nitrogen and oxygen atoms in total. The van der Waals surface area contributed by atoms with E-state index in [2.05, 4.69) is 4.90 Å². The molecule has 0 spiro atoms. The Balaban J connectivity index is 2.33. The van der Waals surface area contributed by atoms with Gasteiger partial charge in [0.05, 0.1) is 0 Å². The lowest BCUT2D eigenvalue weighted by Crippen LogP contribution is -2.39. The fourth-order valence-electron chi connectivity index (χ4n) is 1.97. The van der Waals surface area contributed by atoms with Gasteiger partial charge in [-0.05, 0) is 40.5 Å². The van der Waals surface area contributed by atoms with Crippen molar-refractivity contribution in [1.29, 1.82) is 0 Å². The number of carbonyl (C=O) groups is 1. The van der Waals surface area contributed by atoms with E-state index >= 15 is 0 Å². The number of hydrogen-bond donors (Lipinski definition) is 0. The van der Waals surface area contributed by atoms with E-state index in [1.165, 1.54) is 12.8 Å². The predicted octanol–water partition coefficient (Wildman–Crippen LogP) is 0.966. The minimum absolute atomic E-state index is 0.0235. The third-order valence-electron chi connectivity index (χ3n) is 3.08. The molecule has 1 unspecified atom stereocenters. The Morgan fingerprint density at radius 2 is 2.12 bits per heavy atom. The summed E-state index contributed by atoms with van der Waals surface area (Å²) in [5.74, 6) is -0.0498. The zero-order chi connectivity index (χ0) is 12.0. The van der Waals surface area contributed by atoms with Gasteiger partial charge in [0.2, 0.25) is 0 Å². The van der Waals surface area contributed by atoms with Gasteiger partial charge in [0.15, 0.2) is 0 Å². The average molecular weight is 228 g/mol. The largest absolute Gasteiger partial charge is 0.463 e. The van der Waals surface area contributed by atoms with Crippen molar-refractivity contribution in [3.8, 4) is 0 Å². The number of likely N-dealkylation sites (N-methyl/N-ethyl adjacent to an activating group) is 2. The standard InChI is InChI=1S/C12H24N2O2/c1-13(2)9-10-16-12(15)11-7-5-4-6-8-14(11)3/h11H,4-10H2,1-3H3. The second-order valence-electron chi connectivity index (χ2n) is 4.82. The third kappa shape index (κ3) is 4.49. The summed E-state index contributed by atoms with van der Waals surface area (Å²) >= 11 is 0.